The molecule has 2 heterocycles. The second-order valence-corrected chi connectivity index (χ2v) is 7.57. The quantitative estimate of drug-likeness (QED) is 0.885. The normalized spacial score (nSPS) is 13.5. The highest BCUT2D eigenvalue weighted by Gasteiger charge is 2.25. The summed E-state index contributed by atoms with van der Waals surface area (Å²) in [6.07, 6.45) is 0.705. The number of aromatic nitrogens is 1. The van der Waals surface area contributed by atoms with Crippen LogP contribution in [0.2, 0.25) is 0 Å². The molecular weight excluding hydrogens is 336 g/mol. The van der Waals surface area contributed by atoms with Gasteiger partial charge in [-0.1, -0.05) is 29.0 Å². The van der Waals surface area contributed by atoms with Gasteiger partial charge < -0.3 is 10.2 Å². The Morgan fingerprint density at radius 2 is 1.96 bits per heavy atom. The van der Waals surface area contributed by atoms with Gasteiger partial charge in [0.2, 0.25) is 0 Å². The molecule has 3 amide bonds. The molecule has 1 aromatic carbocycles. The van der Waals surface area contributed by atoms with E-state index < -0.39 is 0 Å². The SMILES string of the molecule is Cc1ccc(C(=O)N2CCc3nc(NC(=O)NC(C)C)sc3C2)cc1. The molecule has 0 bridgehead atoms. The van der Waals surface area contributed by atoms with Crippen molar-refractivity contribution in [2.24, 2.45) is 0 Å². The first-order chi connectivity index (χ1) is 11.9. The maximum atomic E-state index is 12.7. The third-order valence-corrected chi connectivity index (χ3v) is 4.96. The first-order valence-corrected chi connectivity index (χ1v) is 9.16. The molecule has 0 radical (unpaired) electrons. The predicted octanol–water partition coefficient (Wildman–Crippen LogP) is 3.18. The highest BCUT2D eigenvalue weighted by atomic mass is 32.1. The smallest absolute Gasteiger partial charge is 0.321 e. The van der Waals surface area contributed by atoms with Crippen LogP contribution in [0, 0.1) is 6.92 Å². The van der Waals surface area contributed by atoms with Crippen LogP contribution in [0.3, 0.4) is 0 Å². The summed E-state index contributed by atoms with van der Waals surface area (Å²) >= 11 is 1.43. The number of carbonyl (C=O) groups is 2. The summed E-state index contributed by atoms with van der Waals surface area (Å²) in [7, 11) is 0. The van der Waals surface area contributed by atoms with E-state index in [-0.39, 0.29) is 18.0 Å². The molecular formula is C18H22N4O2S. The molecule has 7 heteroatoms. The number of amides is 3. The summed E-state index contributed by atoms with van der Waals surface area (Å²) in [5.74, 6) is 0.0334. The van der Waals surface area contributed by atoms with Crippen LogP contribution in [0.25, 0.3) is 0 Å². The third-order valence-electron chi connectivity index (χ3n) is 3.96. The van der Waals surface area contributed by atoms with Crippen molar-refractivity contribution in [3.63, 3.8) is 0 Å². The number of rotatable bonds is 3. The van der Waals surface area contributed by atoms with Crippen molar-refractivity contribution in [2.45, 2.75) is 39.8 Å². The molecule has 6 nitrogen and oxygen atoms in total. The van der Waals surface area contributed by atoms with Crippen LogP contribution in [-0.4, -0.2) is 34.4 Å². The first-order valence-electron chi connectivity index (χ1n) is 8.34. The minimum atomic E-state index is -0.256. The number of thiazole rings is 1. The third kappa shape index (κ3) is 4.17. The van der Waals surface area contributed by atoms with Crippen molar-refractivity contribution in [2.75, 3.05) is 11.9 Å². The molecule has 2 N–H and O–H groups in total. The standard InChI is InChI=1S/C18H22N4O2S/c1-11(2)19-17(24)21-18-20-14-8-9-22(10-15(14)25-18)16(23)13-6-4-12(3)5-7-13/h4-7,11H,8-10H2,1-3H3,(H2,19,20,21,24). The average Bonchev–Trinajstić information content (AvgIpc) is 2.95. The van der Waals surface area contributed by atoms with E-state index in [0.717, 1.165) is 16.1 Å². The van der Waals surface area contributed by atoms with Crippen LogP contribution in [0.15, 0.2) is 24.3 Å². The van der Waals surface area contributed by atoms with E-state index in [1.807, 2.05) is 49.9 Å². The maximum Gasteiger partial charge on any atom is 0.321 e. The van der Waals surface area contributed by atoms with E-state index >= 15 is 0 Å². The molecule has 0 saturated carbocycles. The van der Waals surface area contributed by atoms with Crippen LogP contribution in [0.1, 0.15) is 40.3 Å². The van der Waals surface area contributed by atoms with E-state index in [1.165, 1.54) is 11.3 Å². The number of hydrogen-bond donors (Lipinski definition) is 2. The number of anilines is 1. The monoisotopic (exact) mass is 358 g/mol. The van der Waals surface area contributed by atoms with Gasteiger partial charge in [-0.05, 0) is 32.9 Å². The molecule has 3 rings (SSSR count). The predicted molar refractivity (Wildman–Crippen MR) is 99.0 cm³/mol. The zero-order valence-corrected chi connectivity index (χ0v) is 15.4. The van der Waals surface area contributed by atoms with Gasteiger partial charge in [-0.3, -0.25) is 10.1 Å². The molecule has 132 valence electrons. The van der Waals surface area contributed by atoms with Crippen LogP contribution < -0.4 is 10.6 Å². The van der Waals surface area contributed by atoms with Crippen LogP contribution in [0.4, 0.5) is 9.93 Å². The fraction of sp³-hybridized carbons (Fsp3) is 0.389. The van der Waals surface area contributed by atoms with Crippen molar-refractivity contribution >= 4 is 28.4 Å². The Hall–Kier alpha value is -2.41. The largest absolute Gasteiger partial charge is 0.336 e. The number of nitrogens with one attached hydrogen (secondary N) is 2. The Morgan fingerprint density at radius 3 is 2.64 bits per heavy atom. The van der Waals surface area contributed by atoms with Gasteiger partial charge in [-0.15, -0.1) is 0 Å². The summed E-state index contributed by atoms with van der Waals surface area (Å²) in [6.45, 7) is 6.99. The highest BCUT2D eigenvalue weighted by molar-refractivity contribution is 7.15. The fourth-order valence-corrected chi connectivity index (χ4v) is 3.72. The number of hydrogen-bond acceptors (Lipinski definition) is 4. The molecule has 1 aliphatic rings. The van der Waals surface area contributed by atoms with E-state index in [9.17, 15) is 9.59 Å². The Kier molecular flexibility index (Phi) is 5.03. The van der Waals surface area contributed by atoms with E-state index in [2.05, 4.69) is 15.6 Å². The van der Waals surface area contributed by atoms with E-state index in [1.54, 1.807) is 0 Å². The summed E-state index contributed by atoms with van der Waals surface area (Å²) < 4.78 is 0. The lowest BCUT2D eigenvalue weighted by Crippen LogP contribution is -2.35. The maximum absolute atomic E-state index is 12.7. The number of urea groups is 1. The summed E-state index contributed by atoms with van der Waals surface area (Å²) in [5.41, 5.74) is 2.81. The van der Waals surface area contributed by atoms with Gasteiger partial charge in [0.1, 0.15) is 0 Å². The molecule has 25 heavy (non-hydrogen) atoms. The summed E-state index contributed by atoms with van der Waals surface area (Å²) in [4.78, 5) is 31.8. The summed E-state index contributed by atoms with van der Waals surface area (Å²) in [6, 6.07) is 7.44. The van der Waals surface area contributed by atoms with Gasteiger partial charge in [0, 0.05) is 29.4 Å². The Bertz CT molecular complexity index is 783. The molecule has 0 fully saturated rings. The Morgan fingerprint density at radius 1 is 1.24 bits per heavy atom. The Labute approximate surface area is 151 Å². The second kappa shape index (κ2) is 7.23. The second-order valence-electron chi connectivity index (χ2n) is 6.48. The molecule has 2 aromatic rings. The van der Waals surface area contributed by atoms with Gasteiger partial charge in [-0.2, -0.15) is 0 Å². The molecule has 0 unspecified atom stereocenters. The highest BCUT2D eigenvalue weighted by Crippen LogP contribution is 2.29. The topological polar surface area (TPSA) is 74.3 Å². The molecule has 0 atom stereocenters. The summed E-state index contributed by atoms with van der Waals surface area (Å²) in [5, 5.41) is 6.12. The average molecular weight is 358 g/mol. The minimum Gasteiger partial charge on any atom is -0.336 e. The van der Waals surface area contributed by atoms with Crippen molar-refractivity contribution in [3.05, 3.63) is 46.0 Å². The van der Waals surface area contributed by atoms with E-state index in [0.29, 0.717) is 30.2 Å². The minimum absolute atomic E-state index is 0.0334. The zero-order valence-electron chi connectivity index (χ0n) is 14.6. The molecule has 1 aromatic heterocycles. The molecule has 1 aliphatic heterocycles. The number of carbonyl (C=O) groups excluding carboxylic acids is 2. The van der Waals surface area contributed by atoms with Crippen molar-refractivity contribution < 1.29 is 9.59 Å². The van der Waals surface area contributed by atoms with Crippen LogP contribution >= 0.6 is 11.3 Å². The number of fused-ring (bicyclic) bond motifs is 1. The van der Waals surface area contributed by atoms with Crippen LogP contribution in [-0.2, 0) is 13.0 Å². The van der Waals surface area contributed by atoms with E-state index in [4.69, 9.17) is 0 Å². The lowest BCUT2D eigenvalue weighted by atomic mass is 10.1. The van der Waals surface area contributed by atoms with Gasteiger partial charge in [-0.25, -0.2) is 9.78 Å². The molecule has 0 aliphatic carbocycles. The zero-order chi connectivity index (χ0) is 18.0. The van der Waals surface area contributed by atoms with Crippen molar-refractivity contribution in [1.82, 2.24) is 15.2 Å². The Balaban J connectivity index is 1.68. The van der Waals surface area contributed by atoms with Gasteiger partial charge >= 0.3 is 6.03 Å². The number of benzene rings is 1. The van der Waals surface area contributed by atoms with Gasteiger partial charge in [0.15, 0.2) is 5.13 Å². The molecule has 0 saturated heterocycles. The number of aryl methyl sites for hydroxylation is 1. The van der Waals surface area contributed by atoms with Gasteiger partial charge in [0.25, 0.3) is 5.91 Å². The molecule has 0 spiro atoms. The van der Waals surface area contributed by atoms with Crippen LogP contribution in [0.5, 0.6) is 0 Å². The van der Waals surface area contributed by atoms with Gasteiger partial charge in [0.05, 0.1) is 12.2 Å². The van der Waals surface area contributed by atoms with Crippen molar-refractivity contribution in [3.8, 4) is 0 Å². The lowest BCUT2D eigenvalue weighted by molar-refractivity contribution is 0.0736. The lowest BCUT2D eigenvalue weighted by Gasteiger charge is -2.26. The number of nitrogens with zero attached hydrogens (tertiary/aromatic N) is 2. The van der Waals surface area contributed by atoms with Crippen molar-refractivity contribution in [1.29, 1.82) is 0 Å². The fourth-order valence-electron chi connectivity index (χ4n) is 2.70. The first kappa shape index (κ1) is 17.4.